The molecule has 0 bridgehead atoms. The fourth-order valence-corrected chi connectivity index (χ4v) is 3.81. The standard InChI is InChI=1S/C17H11F3N4O3S.C4H10N2O/c1-24-12-5-2-8(14(25)26)6-11(12)21-15(24)23-16-22-10-4-3-9(7-13(10)28-16)27-17(18,19)20;1-5-4(7)6(2)3/h2-7H,1H3,(H,25,26)(H,21,22,23);1-3H3,(H,5,7). The van der Waals surface area contributed by atoms with E-state index in [-0.39, 0.29) is 17.3 Å². The molecule has 35 heavy (non-hydrogen) atoms. The molecule has 0 aliphatic rings. The van der Waals surface area contributed by atoms with Crippen LogP contribution in [0.25, 0.3) is 21.3 Å². The lowest BCUT2D eigenvalue weighted by Gasteiger charge is -2.07. The van der Waals surface area contributed by atoms with Gasteiger partial charge in [0, 0.05) is 34.3 Å². The highest BCUT2D eigenvalue weighted by molar-refractivity contribution is 7.22. The number of thiazole rings is 1. The second-order valence-corrected chi connectivity index (χ2v) is 8.30. The number of hydrogen-bond donors (Lipinski definition) is 3. The number of hydrogen-bond acceptors (Lipinski definition) is 7. The second kappa shape index (κ2) is 10.0. The Morgan fingerprint density at radius 2 is 1.83 bits per heavy atom. The van der Waals surface area contributed by atoms with Gasteiger partial charge in [-0.3, -0.25) is 0 Å². The SMILES string of the molecule is CNC(=O)N(C)C.Cn1c(Nc2nc3ccc(OC(F)(F)F)cc3s2)nc2cc(C(=O)O)ccc21. The predicted molar refractivity (Wildman–Crippen MR) is 125 cm³/mol. The van der Waals surface area contributed by atoms with Gasteiger partial charge < -0.3 is 29.9 Å². The number of carboxylic acid groups (broad SMARTS) is 1. The van der Waals surface area contributed by atoms with E-state index in [1.54, 1.807) is 38.8 Å². The van der Waals surface area contributed by atoms with Crippen molar-refractivity contribution in [3.63, 3.8) is 0 Å². The number of halogens is 3. The van der Waals surface area contributed by atoms with Crippen molar-refractivity contribution in [3.05, 3.63) is 42.0 Å². The lowest BCUT2D eigenvalue weighted by molar-refractivity contribution is -0.274. The molecule has 4 aromatic rings. The Morgan fingerprint density at radius 3 is 2.40 bits per heavy atom. The van der Waals surface area contributed by atoms with Crippen molar-refractivity contribution < 1.29 is 32.6 Å². The van der Waals surface area contributed by atoms with Gasteiger partial charge in [-0.15, -0.1) is 13.2 Å². The van der Waals surface area contributed by atoms with Crippen LogP contribution in [0.15, 0.2) is 36.4 Å². The molecule has 2 aromatic carbocycles. The van der Waals surface area contributed by atoms with Crippen LogP contribution in [0.3, 0.4) is 0 Å². The minimum atomic E-state index is -4.76. The number of ether oxygens (including phenoxy) is 1. The number of urea groups is 1. The fraction of sp³-hybridized carbons (Fsp3) is 0.238. The van der Waals surface area contributed by atoms with E-state index < -0.39 is 12.3 Å². The number of aryl methyl sites for hydroxylation is 1. The molecule has 0 saturated carbocycles. The summed E-state index contributed by atoms with van der Waals surface area (Å²) in [7, 11) is 6.74. The van der Waals surface area contributed by atoms with Crippen LogP contribution < -0.4 is 15.4 Å². The van der Waals surface area contributed by atoms with Crippen LogP contribution >= 0.6 is 11.3 Å². The molecule has 0 aliphatic heterocycles. The Hall–Kier alpha value is -4.07. The number of benzene rings is 2. The summed E-state index contributed by atoms with van der Waals surface area (Å²) in [5.74, 6) is -0.951. The summed E-state index contributed by atoms with van der Waals surface area (Å²) in [6.45, 7) is 0. The van der Waals surface area contributed by atoms with E-state index in [2.05, 4.69) is 25.3 Å². The highest BCUT2D eigenvalue weighted by Gasteiger charge is 2.31. The maximum Gasteiger partial charge on any atom is 0.573 e. The Morgan fingerprint density at radius 1 is 1.11 bits per heavy atom. The molecule has 0 spiro atoms. The molecule has 0 saturated heterocycles. The summed E-state index contributed by atoms with van der Waals surface area (Å²) < 4.78 is 43.2. The van der Waals surface area contributed by atoms with Crippen LogP contribution in [0.2, 0.25) is 0 Å². The molecule has 2 amide bonds. The maximum atomic E-state index is 12.4. The van der Waals surface area contributed by atoms with Gasteiger partial charge in [0.05, 0.1) is 26.8 Å². The molecule has 0 fully saturated rings. The molecule has 0 aliphatic carbocycles. The molecular weight excluding hydrogens is 489 g/mol. The zero-order valence-corrected chi connectivity index (χ0v) is 19.8. The number of imidazole rings is 1. The molecule has 4 rings (SSSR count). The Kier molecular flexibility index (Phi) is 7.34. The van der Waals surface area contributed by atoms with Gasteiger partial charge in [-0.05, 0) is 30.3 Å². The molecule has 2 heterocycles. The molecule has 186 valence electrons. The van der Waals surface area contributed by atoms with Gasteiger partial charge in [0.15, 0.2) is 5.13 Å². The first-order valence-electron chi connectivity index (χ1n) is 9.90. The van der Waals surface area contributed by atoms with E-state index in [9.17, 15) is 22.8 Å². The zero-order valence-electron chi connectivity index (χ0n) is 19.0. The number of carboxylic acids is 1. The quantitative estimate of drug-likeness (QED) is 0.372. The molecule has 2 aromatic heterocycles. The van der Waals surface area contributed by atoms with Gasteiger partial charge in [-0.2, -0.15) is 0 Å². The topological polar surface area (TPSA) is 122 Å². The lowest BCUT2D eigenvalue weighted by atomic mass is 10.2. The Balaban J connectivity index is 0.000000429. The third-order valence-electron chi connectivity index (χ3n) is 4.56. The number of carbonyl (C=O) groups is 2. The smallest absolute Gasteiger partial charge is 0.478 e. The number of fused-ring (bicyclic) bond motifs is 2. The van der Waals surface area contributed by atoms with Gasteiger partial charge in [0.1, 0.15) is 5.75 Å². The Labute approximate surface area is 200 Å². The number of carbonyl (C=O) groups excluding carboxylic acids is 1. The summed E-state index contributed by atoms with van der Waals surface area (Å²) >= 11 is 1.14. The summed E-state index contributed by atoms with van der Waals surface area (Å²) in [5, 5.41) is 15.0. The number of amides is 2. The third kappa shape index (κ3) is 6.29. The second-order valence-electron chi connectivity index (χ2n) is 7.27. The van der Waals surface area contributed by atoms with E-state index >= 15 is 0 Å². The molecule has 14 heteroatoms. The lowest BCUT2D eigenvalue weighted by Crippen LogP contribution is -2.31. The number of aromatic carboxylic acids is 1. The van der Waals surface area contributed by atoms with Crippen LogP contribution in [-0.4, -0.2) is 64.0 Å². The average Bonchev–Trinajstić information content (AvgIpc) is 3.31. The number of aromatic nitrogens is 3. The first-order chi connectivity index (χ1) is 16.4. The third-order valence-corrected chi connectivity index (χ3v) is 5.49. The molecule has 0 radical (unpaired) electrons. The van der Waals surface area contributed by atoms with Crippen LogP contribution in [0.5, 0.6) is 5.75 Å². The van der Waals surface area contributed by atoms with Gasteiger partial charge in [-0.1, -0.05) is 11.3 Å². The highest BCUT2D eigenvalue weighted by atomic mass is 32.1. The Bertz CT molecular complexity index is 1380. The van der Waals surface area contributed by atoms with Crippen LogP contribution in [0.4, 0.5) is 29.0 Å². The first-order valence-corrected chi connectivity index (χ1v) is 10.7. The van der Waals surface area contributed by atoms with Gasteiger partial charge >= 0.3 is 18.4 Å². The van der Waals surface area contributed by atoms with Crippen LogP contribution in [0, 0.1) is 0 Å². The van der Waals surface area contributed by atoms with E-state index in [0.717, 1.165) is 16.9 Å². The average molecular weight is 510 g/mol. The molecular formula is C21H21F3N6O4S. The maximum absolute atomic E-state index is 12.4. The van der Waals surface area contributed by atoms with Gasteiger partial charge in [-0.25, -0.2) is 19.6 Å². The first kappa shape index (κ1) is 25.6. The highest BCUT2D eigenvalue weighted by Crippen LogP contribution is 2.33. The number of anilines is 2. The summed E-state index contributed by atoms with van der Waals surface area (Å²) in [6, 6.07) is 8.42. The van der Waals surface area contributed by atoms with Gasteiger partial charge in [0.2, 0.25) is 5.95 Å². The molecule has 10 nitrogen and oxygen atoms in total. The van der Waals surface area contributed by atoms with Crippen molar-refractivity contribution >= 4 is 55.7 Å². The van der Waals surface area contributed by atoms with Crippen molar-refractivity contribution in [1.29, 1.82) is 0 Å². The zero-order chi connectivity index (χ0) is 25.9. The van der Waals surface area contributed by atoms with Gasteiger partial charge in [0.25, 0.3) is 0 Å². The van der Waals surface area contributed by atoms with Crippen molar-refractivity contribution in [2.45, 2.75) is 6.36 Å². The minimum absolute atomic E-state index is 0.0694. The van der Waals surface area contributed by atoms with Crippen molar-refractivity contribution in [1.82, 2.24) is 24.8 Å². The van der Waals surface area contributed by atoms with E-state index in [0.29, 0.717) is 26.8 Å². The molecule has 0 unspecified atom stereocenters. The van der Waals surface area contributed by atoms with E-state index in [1.165, 1.54) is 35.2 Å². The number of nitrogens with one attached hydrogen (secondary N) is 2. The minimum Gasteiger partial charge on any atom is -0.478 e. The summed E-state index contributed by atoms with van der Waals surface area (Å²) in [4.78, 5) is 31.6. The molecule has 0 atom stereocenters. The summed E-state index contributed by atoms with van der Waals surface area (Å²) in [5.41, 5.74) is 1.84. The van der Waals surface area contributed by atoms with Crippen LogP contribution in [0.1, 0.15) is 10.4 Å². The number of alkyl halides is 3. The van der Waals surface area contributed by atoms with E-state index in [4.69, 9.17) is 5.11 Å². The fourth-order valence-electron chi connectivity index (χ4n) is 2.92. The van der Waals surface area contributed by atoms with Crippen molar-refractivity contribution in [2.75, 3.05) is 26.5 Å². The van der Waals surface area contributed by atoms with Crippen molar-refractivity contribution in [2.24, 2.45) is 7.05 Å². The molecule has 3 N–H and O–H groups in total. The monoisotopic (exact) mass is 510 g/mol. The number of nitrogens with zero attached hydrogens (tertiary/aromatic N) is 4. The summed E-state index contributed by atoms with van der Waals surface area (Å²) in [6.07, 6.45) is -4.76. The normalized spacial score (nSPS) is 11.1. The van der Waals surface area contributed by atoms with Crippen molar-refractivity contribution in [3.8, 4) is 5.75 Å². The van der Waals surface area contributed by atoms with Crippen LogP contribution in [-0.2, 0) is 7.05 Å². The largest absolute Gasteiger partial charge is 0.573 e. The predicted octanol–water partition coefficient (Wildman–Crippen LogP) is 4.41. The van der Waals surface area contributed by atoms with E-state index in [1.807, 2.05) is 0 Å². The number of rotatable bonds is 4.